The van der Waals surface area contributed by atoms with Gasteiger partial charge >= 0.3 is 0 Å². The average Bonchev–Trinajstić information content (AvgIpc) is 3.40. The Kier molecular flexibility index (Phi) is 5.92. The van der Waals surface area contributed by atoms with Crippen molar-refractivity contribution in [2.45, 2.75) is 19.7 Å². The van der Waals surface area contributed by atoms with Crippen LogP contribution in [0.25, 0.3) is 11.3 Å². The third-order valence-electron chi connectivity index (χ3n) is 4.54. The lowest BCUT2D eigenvalue weighted by Gasteiger charge is -2.14. The zero-order chi connectivity index (χ0) is 21.8. The van der Waals surface area contributed by atoms with E-state index in [2.05, 4.69) is 19.9 Å². The van der Waals surface area contributed by atoms with Crippen LogP contribution in [0.2, 0.25) is 0 Å². The van der Waals surface area contributed by atoms with E-state index in [1.807, 2.05) is 28.8 Å². The molecule has 4 rings (SSSR count). The molecule has 0 saturated heterocycles. The van der Waals surface area contributed by atoms with Gasteiger partial charge in [0.25, 0.3) is 13.6 Å². The van der Waals surface area contributed by atoms with Gasteiger partial charge in [-0.2, -0.15) is 0 Å². The standard InChI is InChI=1S/C19H19N6O5P/c20-19-17(2-1-7-25(19)13-29-31(26,27)28)18-9-16(23-30-18)8-14-3-5-15(6-4-14)10-24-11-21-22-12-24/h1-7,9,11-12,20H,8,10,13H2,(H2,26,27,28). The number of nitrogen functional groups attached to an aromatic ring is 1. The lowest BCUT2D eigenvalue weighted by atomic mass is 10.1. The van der Waals surface area contributed by atoms with E-state index in [1.54, 1.807) is 30.9 Å². The first-order valence-corrected chi connectivity index (χ1v) is 10.7. The minimum atomic E-state index is -4.86. The number of rotatable bonds is 8. The minimum absolute atomic E-state index is 0.206. The van der Waals surface area contributed by atoms with Crippen molar-refractivity contribution in [3.05, 3.63) is 78.1 Å². The van der Waals surface area contributed by atoms with Gasteiger partial charge in [-0.1, -0.05) is 29.4 Å². The first kappa shape index (κ1) is 20.9. The van der Waals surface area contributed by atoms with E-state index < -0.39 is 14.6 Å². The summed E-state index contributed by atoms with van der Waals surface area (Å²) in [7, 11) is -4.86. The molecule has 160 valence electrons. The summed E-state index contributed by atoms with van der Waals surface area (Å²) in [6.07, 6.45) is 5.42. The highest BCUT2D eigenvalue weighted by Crippen LogP contribution is 2.30. The topological polar surface area (TPSA) is 156 Å². The Bertz CT molecular complexity index is 1200. The molecule has 0 amide bonds. The van der Waals surface area contributed by atoms with Gasteiger partial charge in [-0.05, 0) is 23.3 Å². The molecule has 0 aliphatic heterocycles. The molecule has 11 nitrogen and oxygen atoms in total. The van der Waals surface area contributed by atoms with Gasteiger partial charge in [0.1, 0.15) is 18.2 Å². The predicted molar refractivity (Wildman–Crippen MR) is 106 cm³/mol. The molecule has 1 atom stereocenters. The monoisotopic (exact) mass is 442 g/mol. The second-order valence-electron chi connectivity index (χ2n) is 6.81. The third kappa shape index (κ3) is 5.41. The van der Waals surface area contributed by atoms with Crippen LogP contribution in [0.1, 0.15) is 16.8 Å². The second-order valence-corrected chi connectivity index (χ2v) is 8.01. The maximum absolute atomic E-state index is 10.8. The minimum Gasteiger partial charge on any atom is -0.756 e. The number of hydrogen-bond donors (Lipinski definition) is 2. The average molecular weight is 442 g/mol. The van der Waals surface area contributed by atoms with E-state index in [-0.39, 0.29) is 5.82 Å². The molecular formula is C19H19N6O5P. The number of anilines is 1. The van der Waals surface area contributed by atoms with Gasteiger partial charge in [-0.3, -0.25) is 14.8 Å². The van der Waals surface area contributed by atoms with Gasteiger partial charge in [-0.15, -0.1) is 10.2 Å². The van der Waals surface area contributed by atoms with Crippen molar-refractivity contribution in [3.63, 3.8) is 0 Å². The van der Waals surface area contributed by atoms with Crippen LogP contribution >= 0.6 is 7.82 Å². The Morgan fingerprint density at radius 1 is 1.19 bits per heavy atom. The summed E-state index contributed by atoms with van der Waals surface area (Å²) in [5.74, 6) is 0.636. The quantitative estimate of drug-likeness (QED) is 0.299. The molecule has 0 aliphatic rings. The Labute approximate surface area is 177 Å². The summed E-state index contributed by atoms with van der Waals surface area (Å²) in [5.41, 5.74) is 9.51. The van der Waals surface area contributed by atoms with Crippen LogP contribution in [0.3, 0.4) is 0 Å². The summed E-state index contributed by atoms with van der Waals surface area (Å²) in [4.78, 5) is 19.6. The summed E-state index contributed by atoms with van der Waals surface area (Å²) in [6, 6.07) is 13.2. The molecule has 3 heterocycles. The van der Waals surface area contributed by atoms with Crippen LogP contribution < -0.4 is 15.2 Å². The summed E-state index contributed by atoms with van der Waals surface area (Å²) in [5, 5.41) is 11.7. The smallest absolute Gasteiger partial charge is 0.285 e. The maximum Gasteiger partial charge on any atom is 0.285 e. The number of phosphoric acid groups is 1. The molecule has 0 fully saturated rings. The van der Waals surface area contributed by atoms with Gasteiger partial charge in [0.2, 0.25) is 0 Å². The summed E-state index contributed by atoms with van der Waals surface area (Å²) >= 11 is 0. The van der Waals surface area contributed by atoms with Crippen LogP contribution in [-0.4, -0.2) is 24.8 Å². The van der Waals surface area contributed by atoms with Crippen molar-refractivity contribution >= 4 is 13.6 Å². The Morgan fingerprint density at radius 2 is 1.90 bits per heavy atom. The predicted octanol–water partition coefficient (Wildman–Crippen LogP) is 0.877. The second kappa shape index (κ2) is 8.78. The van der Waals surface area contributed by atoms with Crippen molar-refractivity contribution in [1.82, 2.24) is 19.9 Å². The fourth-order valence-electron chi connectivity index (χ4n) is 3.03. The highest BCUT2D eigenvalue weighted by atomic mass is 31.2. The zero-order valence-electron chi connectivity index (χ0n) is 16.2. The molecule has 0 radical (unpaired) electrons. The number of hydrogen-bond acceptors (Lipinski definition) is 8. The summed E-state index contributed by atoms with van der Waals surface area (Å²) < 4.78 is 23.9. The molecular weight excluding hydrogens is 423 g/mol. The van der Waals surface area contributed by atoms with E-state index in [4.69, 9.17) is 15.2 Å². The SMILES string of the molecule is Nc1c(-c2cc(Cc3ccc(Cn4cnnc4)cc3)no2)ccc[n+]1COP(=O)([O-])O. The number of aromatic nitrogens is 5. The Balaban J connectivity index is 1.45. The van der Waals surface area contributed by atoms with Crippen LogP contribution in [0, 0.1) is 0 Å². The molecule has 1 unspecified atom stereocenters. The van der Waals surface area contributed by atoms with Gasteiger partial charge < -0.3 is 18.9 Å². The normalized spacial score (nSPS) is 13.2. The fraction of sp³-hybridized carbons (Fsp3) is 0.158. The van der Waals surface area contributed by atoms with E-state index >= 15 is 0 Å². The van der Waals surface area contributed by atoms with Gasteiger partial charge in [-0.25, -0.2) is 4.57 Å². The number of pyridine rings is 1. The van der Waals surface area contributed by atoms with Gasteiger partial charge in [0.05, 0.1) is 11.9 Å². The highest BCUT2D eigenvalue weighted by Gasteiger charge is 2.18. The molecule has 0 saturated carbocycles. The Morgan fingerprint density at radius 3 is 2.61 bits per heavy atom. The number of nitrogens with zero attached hydrogens (tertiary/aromatic N) is 5. The molecule has 12 heteroatoms. The lowest BCUT2D eigenvalue weighted by Crippen LogP contribution is -2.38. The van der Waals surface area contributed by atoms with Crippen LogP contribution in [0.4, 0.5) is 5.82 Å². The first-order valence-electron chi connectivity index (χ1n) is 9.20. The fourth-order valence-corrected chi connectivity index (χ4v) is 3.30. The first-order chi connectivity index (χ1) is 14.9. The van der Waals surface area contributed by atoms with Crippen molar-refractivity contribution in [2.75, 3.05) is 5.73 Å². The van der Waals surface area contributed by atoms with Crippen molar-refractivity contribution in [2.24, 2.45) is 0 Å². The van der Waals surface area contributed by atoms with Crippen molar-refractivity contribution in [3.8, 4) is 11.3 Å². The number of benzene rings is 1. The number of phosphoric ester groups is 1. The molecule has 1 aromatic carbocycles. The number of nitrogens with two attached hydrogens (primary N) is 1. The van der Waals surface area contributed by atoms with E-state index in [9.17, 15) is 9.46 Å². The Hall–Kier alpha value is -3.37. The molecule has 0 bridgehead atoms. The molecule has 3 N–H and O–H groups in total. The maximum atomic E-state index is 10.8. The van der Waals surface area contributed by atoms with E-state index in [0.29, 0.717) is 30.0 Å². The zero-order valence-corrected chi connectivity index (χ0v) is 17.1. The molecule has 31 heavy (non-hydrogen) atoms. The van der Waals surface area contributed by atoms with Gasteiger partial charge in [0.15, 0.2) is 12.5 Å². The van der Waals surface area contributed by atoms with E-state index in [1.165, 1.54) is 10.8 Å². The van der Waals surface area contributed by atoms with E-state index in [0.717, 1.165) is 11.1 Å². The van der Waals surface area contributed by atoms with Gasteiger partial charge in [0, 0.05) is 19.0 Å². The summed E-state index contributed by atoms with van der Waals surface area (Å²) in [6.45, 7) is 0.232. The largest absolute Gasteiger partial charge is 0.756 e. The third-order valence-corrected chi connectivity index (χ3v) is 4.98. The molecule has 4 aromatic rings. The van der Waals surface area contributed by atoms with Crippen molar-refractivity contribution in [1.29, 1.82) is 0 Å². The molecule has 0 spiro atoms. The lowest BCUT2D eigenvalue weighted by molar-refractivity contribution is -0.712. The van der Waals surface area contributed by atoms with Crippen LogP contribution in [0.5, 0.6) is 0 Å². The molecule has 3 aromatic heterocycles. The van der Waals surface area contributed by atoms with Crippen LogP contribution in [-0.2, 0) is 28.8 Å². The van der Waals surface area contributed by atoms with Crippen LogP contribution in [0.15, 0.2) is 65.8 Å². The van der Waals surface area contributed by atoms with Crippen molar-refractivity contribution < 1.29 is 28.0 Å². The molecule has 0 aliphatic carbocycles. The highest BCUT2D eigenvalue weighted by molar-refractivity contribution is 7.44.